The van der Waals surface area contributed by atoms with Gasteiger partial charge in [-0.15, -0.1) is 0 Å². The minimum atomic E-state index is -0.192. The summed E-state index contributed by atoms with van der Waals surface area (Å²) >= 11 is 6.31. The van der Waals surface area contributed by atoms with Crippen LogP contribution in [0.15, 0.2) is 41.4 Å². The number of rotatable bonds is 7. The number of carbonyl (C=O) groups is 2. The van der Waals surface area contributed by atoms with Crippen LogP contribution < -0.4 is 14.4 Å². The number of anilines is 1. The lowest BCUT2D eigenvalue weighted by atomic mass is 9.97. The molecular weight excluding hydrogens is 458 g/mol. The number of piperidine rings is 1. The number of benzene rings is 2. The minimum Gasteiger partial charge on any atom is -0.495 e. The Bertz CT molecular complexity index is 1110. The SMILES string of the molecule is CCOC(=O)C1CCN(CN2C(=O)C(=Nc3cc(Cl)c(OC)cc3OC)c3ccccc32)CC1. The lowest BCUT2D eigenvalue weighted by molar-refractivity contribution is -0.149. The normalized spacial score (nSPS) is 17.7. The number of methoxy groups -OCH3 is 2. The molecule has 0 radical (unpaired) electrons. The molecule has 0 bridgehead atoms. The predicted molar refractivity (Wildman–Crippen MR) is 130 cm³/mol. The van der Waals surface area contributed by atoms with Crippen molar-refractivity contribution >= 4 is 40.6 Å². The standard InChI is InChI=1S/C25H28ClN3O5/c1-4-34-25(31)16-9-11-28(12-10-16)15-29-20-8-6-5-7-17(20)23(24(29)30)27-19-13-18(26)21(32-2)14-22(19)33-3/h5-8,13-14,16H,4,9-12,15H2,1-3H3. The number of aliphatic imine (C=N–C) groups is 1. The lowest BCUT2D eigenvalue weighted by Crippen LogP contribution is -2.45. The minimum absolute atomic E-state index is 0.0813. The Labute approximate surface area is 204 Å². The van der Waals surface area contributed by atoms with E-state index in [4.69, 9.17) is 25.8 Å². The van der Waals surface area contributed by atoms with E-state index in [1.165, 1.54) is 14.2 Å². The number of likely N-dealkylation sites (tertiary alicyclic amines) is 1. The highest BCUT2D eigenvalue weighted by Crippen LogP contribution is 2.39. The second kappa shape index (κ2) is 10.4. The zero-order valence-corrected chi connectivity index (χ0v) is 20.3. The van der Waals surface area contributed by atoms with E-state index < -0.39 is 0 Å². The summed E-state index contributed by atoms with van der Waals surface area (Å²) in [5.41, 5.74) is 2.33. The maximum absolute atomic E-state index is 13.5. The van der Waals surface area contributed by atoms with Crippen LogP contribution in [0.5, 0.6) is 11.5 Å². The van der Waals surface area contributed by atoms with Crippen molar-refractivity contribution in [1.82, 2.24) is 4.90 Å². The van der Waals surface area contributed by atoms with Crippen molar-refractivity contribution in [2.75, 3.05) is 45.5 Å². The summed E-state index contributed by atoms with van der Waals surface area (Å²) < 4.78 is 15.9. The third kappa shape index (κ3) is 4.74. The molecule has 1 amide bonds. The summed E-state index contributed by atoms with van der Waals surface area (Å²) in [5.74, 6) is 0.517. The molecule has 0 saturated carbocycles. The number of carbonyl (C=O) groups excluding carboxylic acids is 2. The van der Waals surface area contributed by atoms with Crippen LogP contribution in [-0.4, -0.2) is 63.1 Å². The molecule has 1 saturated heterocycles. The first-order valence-corrected chi connectivity index (χ1v) is 11.6. The molecule has 34 heavy (non-hydrogen) atoms. The Hall–Kier alpha value is -3.10. The summed E-state index contributed by atoms with van der Waals surface area (Å²) in [6.07, 6.45) is 1.43. The Morgan fingerprint density at radius 3 is 2.50 bits per heavy atom. The average molecular weight is 486 g/mol. The van der Waals surface area contributed by atoms with E-state index in [0.717, 1.165) is 11.3 Å². The summed E-state index contributed by atoms with van der Waals surface area (Å²) in [7, 11) is 3.05. The zero-order chi connectivity index (χ0) is 24.2. The number of fused-ring (bicyclic) bond motifs is 1. The molecular formula is C25H28ClN3O5. The number of ether oxygens (including phenoxy) is 3. The van der Waals surface area contributed by atoms with Crippen LogP contribution >= 0.6 is 11.6 Å². The number of hydrogen-bond donors (Lipinski definition) is 0. The van der Waals surface area contributed by atoms with Gasteiger partial charge in [0.15, 0.2) is 0 Å². The van der Waals surface area contributed by atoms with Gasteiger partial charge in [0.05, 0.1) is 44.1 Å². The molecule has 0 N–H and O–H groups in total. The first kappa shape index (κ1) is 24.0. The maximum atomic E-state index is 13.5. The molecule has 2 aromatic carbocycles. The Morgan fingerprint density at radius 2 is 1.82 bits per heavy atom. The highest BCUT2D eigenvalue weighted by atomic mass is 35.5. The van der Waals surface area contributed by atoms with Gasteiger partial charge in [0.25, 0.3) is 5.91 Å². The second-order valence-corrected chi connectivity index (χ2v) is 8.56. The van der Waals surface area contributed by atoms with E-state index in [1.807, 2.05) is 31.2 Å². The predicted octanol–water partition coefficient (Wildman–Crippen LogP) is 4.06. The van der Waals surface area contributed by atoms with Crippen LogP contribution in [-0.2, 0) is 14.3 Å². The van der Waals surface area contributed by atoms with Gasteiger partial charge < -0.3 is 14.2 Å². The molecule has 2 aliphatic heterocycles. The van der Waals surface area contributed by atoms with E-state index >= 15 is 0 Å². The fourth-order valence-corrected chi connectivity index (χ4v) is 4.57. The number of para-hydroxylation sites is 1. The van der Waals surface area contributed by atoms with Gasteiger partial charge in [0.2, 0.25) is 0 Å². The molecule has 2 heterocycles. The first-order chi connectivity index (χ1) is 16.5. The summed E-state index contributed by atoms with van der Waals surface area (Å²) in [6.45, 7) is 4.06. The number of halogens is 1. The quantitative estimate of drug-likeness (QED) is 0.550. The van der Waals surface area contributed by atoms with E-state index in [9.17, 15) is 9.59 Å². The second-order valence-electron chi connectivity index (χ2n) is 8.16. The third-order valence-electron chi connectivity index (χ3n) is 6.13. The van der Waals surface area contributed by atoms with Crippen LogP contribution in [0.3, 0.4) is 0 Å². The van der Waals surface area contributed by atoms with E-state index in [0.29, 0.717) is 67.1 Å². The number of nitrogens with zero attached hydrogens (tertiary/aromatic N) is 3. The summed E-state index contributed by atoms with van der Waals surface area (Å²) in [6, 6.07) is 10.9. The topological polar surface area (TPSA) is 80.7 Å². The van der Waals surface area contributed by atoms with Gasteiger partial charge in [-0.3, -0.25) is 19.4 Å². The van der Waals surface area contributed by atoms with Crippen molar-refractivity contribution in [2.24, 2.45) is 10.9 Å². The van der Waals surface area contributed by atoms with Gasteiger partial charge in [-0.25, -0.2) is 4.99 Å². The fourth-order valence-electron chi connectivity index (χ4n) is 4.33. The Balaban J connectivity index is 1.58. The van der Waals surface area contributed by atoms with Crippen LogP contribution in [0.1, 0.15) is 25.3 Å². The van der Waals surface area contributed by atoms with Gasteiger partial charge >= 0.3 is 5.97 Å². The van der Waals surface area contributed by atoms with Gasteiger partial charge in [0, 0.05) is 24.7 Å². The van der Waals surface area contributed by atoms with Crippen molar-refractivity contribution < 1.29 is 23.8 Å². The smallest absolute Gasteiger partial charge is 0.309 e. The maximum Gasteiger partial charge on any atom is 0.309 e. The molecule has 180 valence electrons. The summed E-state index contributed by atoms with van der Waals surface area (Å²) in [4.78, 5) is 34.1. The largest absolute Gasteiger partial charge is 0.495 e. The highest BCUT2D eigenvalue weighted by molar-refractivity contribution is 6.54. The molecule has 8 nitrogen and oxygen atoms in total. The van der Waals surface area contributed by atoms with Crippen LogP contribution in [0.2, 0.25) is 5.02 Å². The highest BCUT2D eigenvalue weighted by Gasteiger charge is 2.36. The Morgan fingerprint density at radius 1 is 1.12 bits per heavy atom. The molecule has 0 spiro atoms. The summed E-state index contributed by atoms with van der Waals surface area (Å²) in [5, 5.41) is 0.378. The molecule has 0 aromatic heterocycles. The van der Waals surface area contributed by atoms with Gasteiger partial charge in [-0.05, 0) is 31.9 Å². The van der Waals surface area contributed by atoms with Crippen LogP contribution in [0, 0.1) is 5.92 Å². The molecule has 0 unspecified atom stereocenters. The van der Waals surface area contributed by atoms with Crippen molar-refractivity contribution in [2.45, 2.75) is 19.8 Å². The van der Waals surface area contributed by atoms with Crippen LogP contribution in [0.4, 0.5) is 11.4 Å². The van der Waals surface area contributed by atoms with Gasteiger partial charge in [-0.1, -0.05) is 29.8 Å². The lowest BCUT2D eigenvalue weighted by Gasteiger charge is -2.33. The monoisotopic (exact) mass is 485 g/mol. The molecule has 0 atom stereocenters. The number of esters is 1. The molecule has 2 aromatic rings. The van der Waals surface area contributed by atoms with E-state index in [-0.39, 0.29) is 17.8 Å². The molecule has 2 aliphatic rings. The molecule has 0 aliphatic carbocycles. The van der Waals surface area contributed by atoms with Crippen LogP contribution in [0.25, 0.3) is 0 Å². The zero-order valence-electron chi connectivity index (χ0n) is 19.5. The first-order valence-electron chi connectivity index (χ1n) is 11.3. The van der Waals surface area contributed by atoms with Crippen molar-refractivity contribution in [3.8, 4) is 11.5 Å². The van der Waals surface area contributed by atoms with Crippen molar-refractivity contribution in [3.05, 3.63) is 47.0 Å². The number of hydrogen-bond acceptors (Lipinski definition) is 7. The Kier molecular flexibility index (Phi) is 7.38. The van der Waals surface area contributed by atoms with Gasteiger partial charge in [0.1, 0.15) is 22.9 Å². The van der Waals surface area contributed by atoms with Crippen molar-refractivity contribution in [1.29, 1.82) is 0 Å². The fraction of sp³-hybridized carbons (Fsp3) is 0.400. The van der Waals surface area contributed by atoms with E-state index in [1.54, 1.807) is 17.0 Å². The molecule has 9 heteroatoms. The molecule has 1 fully saturated rings. The third-order valence-corrected chi connectivity index (χ3v) is 6.43. The van der Waals surface area contributed by atoms with Crippen molar-refractivity contribution in [3.63, 3.8) is 0 Å². The number of amides is 1. The molecule has 4 rings (SSSR count). The van der Waals surface area contributed by atoms with E-state index in [2.05, 4.69) is 9.89 Å². The van der Waals surface area contributed by atoms with Gasteiger partial charge in [-0.2, -0.15) is 0 Å². The average Bonchev–Trinajstić information content (AvgIpc) is 3.11.